The number of likely N-dealkylation sites (N-methyl/N-ethyl adjacent to an activating group) is 1. The summed E-state index contributed by atoms with van der Waals surface area (Å²) in [7, 11) is 3.41. The predicted octanol–water partition coefficient (Wildman–Crippen LogP) is 1.03. The topological polar surface area (TPSA) is 70.1 Å². The first kappa shape index (κ1) is 18.4. The molecule has 1 saturated heterocycles. The molecule has 2 atom stereocenters. The molecule has 0 radical (unpaired) electrons. The van der Waals surface area contributed by atoms with Crippen LogP contribution in [0, 0.1) is 11.7 Å². The quantitative estimate of drug-likeness (QED) is 0.804. The molecule has 24 heavy (non-hydrogen) atoms. The van der Waals surface area contributed by atoms with Gasteiger partial charge in [-0.05, 0) is 24.7 Å². The molecule has 1 aromatic rings. The van der Waals surface area contributed by atoms with Gasteiger partial charge in [0.05, 0.1) is 19.1 Å². The van der Waals surface area contributed by atoms with Gasteiger partial charge in [0, 0.05) is 32.7 Å². The monoisotopic (exact) mass is 338 g/mol. The Labute approximate surface area is 140 Å². The van der Waals surface area contributed by atoms with E-state index < -0.39 is 23.6 Å². The average molecular weight is 338 g/mol. The predicted molar refractivity (Wildman–Crippen MR) is 86.2 cm³/mol. The molecule has 0 bridgehead atoms. The number of nitrogens with zero attached hydrogens (tertiary/aromatic N) is 2. The van der Waals surface area contributed by atoms with Crippen LogP contribution in [0.5, 0.6) is 0 Å². The van der Waals surface area contributed by atoms with Gasteiger partial charge >= 0.3 is 5.97 Å². The van der Waals surface area contributed by atoms with Crippen molar-refractivity contribution in [2.45, 2.75) is 5.92 Å². The van der Waals surface area contributed by atoms with Crippen LogP contribution in [0.4, 0.5) is 4.39 Å². The van der Waals surface area contributed by atoms with Crippen LogP contribution in [0.25, 0.3) is 0 Å². The number of carboxylic acid groups (broad SMARTS) is 1. The third kappa shape index (κ3) is 4.52. The van der Waals surface area contributed by atoms with Crippen molar-refractivity contribution in [2.24, 2.45) is 5.92 Å². The van der Waals surface area contributed by atoms with Gasteiger partial charge in [0.25, 0.3) is 0 Å². The first-order chi connectivity index (χ1) is 11.4. The summed E-state index contributed by atoms with van der Waals surface area (Å²) in [6.07, 6.45) is 0. The number of hydrogen-bond acceptors (Lipinski definition) is 4. The summed E-state index contributed by atoms with van der Waals surface area (Å²) in [5.74, 6) is -2.61. The number of carbonyl (C=O) groups is 2. The van der Waals surface area contributed by atoms with Crippen molar-refractivity contribution in [3.63, 3.8) is 0 Å². The van der Waals surface area contributed by atoms with Crippen LogP contribution in [0.15, 0.2) is 24.3 Å². The minimum atomic E-state index is -0.965. The van der Waals surface area contributed by atoms with Crippen LogP contribution in [0.1, 0.15) is 11.5 Å². The van der Waals surface area contributed by atoms with Crippen LogP contribution < -0.4 is 0 Å². The van der Waals surface area contributed by atoms with Crippen molar-refractivity contribution in [2.75, 3.05) is 46.9 Å². The van der Waals surface area contributed by atoms with Crippen LogP contribution in [-0.2, 0) is 14.3 Å². The van der Waals surface area contributed by atoms with E-state index in [9.17, 15) is 19.1 Å². The lowest BCUT2D eigenvalue weighted by atomic mass is 9.89. The molecule has 2 unspecified atom stereocenters. The lowest BCUT2D eigenvalue weighted by molar-refractivity contribution is -0.141. The highest BCUT2D eigenvalue weighted by Gasteiger charge is 2.40. The number of carboxylic acids is 1. The molecule has 0 aromatic heterocycles. The lowest BCUT2D eigenvalue weighted by Crippen LogP contribution is -2.39. The Hall–Kier alpha value is -1.99. The first-order valence-corrected chi connectivity index (χ1v) is 7.86. The van der Waals surface area contributed by atoms with E-state index in [1.54, 1.807) is 24.1 Å². The molecule has 0 saturated carbocycles. The number of halogens is 1. The van der Waals surface area contributed by atoms with Crippen molar-refractivity contribution in [3.05, 3.63) is 35.6 Å². The molecule has 0 aliphatic carbocycles. The van der Waals surface area contributed by atoms with Gasteiger partial charge in [0.1, 0.15) is 5.82 Å². The molecule has 1 aliphatic rings. The van der Waals surface area contributed by atoms with E-state index in [0.29, 0.717) is 18.7 Å². The number of aliphatic carboxylic acids is 1. The summed E-state index contributed by atoms with van der Waals surface area (Å²) in [5.41, 5.74) is 0.616. The van der Waals surface area contributed by atoms with Gasteiger partial charge in [-0.1, -0.05) is 12.1 Å². The number of hydrogen-bond donors (Lipinski definition) is 1. The Kier molecular flexibility index (Phi) is 6.28. The van der Waals surface area contributed by atoms with Gasteiger partial charge in [-0.3, -0.25) is 14.5 Å². The lowest BCUT2D eigenvalue weighted by Gasteiger charge is -2.21. The van der Waals surface area contributed by atoms with Crippen LogP contribution in [0.3, 0.4) is 0 Å². The van der Waals surface area contributed by atoms with Crippen molar-refractivity contribution < 1.29 is 23.8 Å². The maximum Gasteiger partial charge on any atom is 0.308 e. The number of methoxy groups -OCH3 is 1. The Morgan fingerprint density at radius 2 is 2.17 bits per heavy atom. The van der Waals surface area contributed by atoms with E-state index in [1.807, 2.05) is 11.9 Å². The Bertz CT molecular complexity index is 596. The van der Waals surface area contributed by atoms with Crippen LogP contribution in [0.2, 0.25) is 0 Å². The van der Waals surface area contributed by atoms with E-state index in [-0.39, 0.29) is 25.5 Å². The molecule has 2 rings (SSSR count). The second-order valence-corrected chi connectivity index (χ2v) is 6.14. The molecule has 7 heteroatoms. The third-order valence-corrected chi connectivity index (χ3v) is 4.35. The van der Waals surface area contributed by atoms with Crippen molar-refractivity contribution in [1.29, 1.82) is 0 Å². The van der Waals surface area contributed by atoms with Gasteiger partial charge in [-0.15, -0.1) is 0 Å². The van der Waals surface area contributed by atoms with E-state index in [1.165, 1.54) is 12.1 Å². The summed E-state index contributed by atoms with van der Waals surface area (Å²) >= 11 is 0. The highest BCUT2D eigenvalue weighted by Crippen LogP contribution is 2.33. The molecule has 132 valence electrons. The van der Waals surface area contributed by atoms with Crippen LogP contribution in [-0.4, -0.2) is 73.7 Å². The number of ether oxygens (including phenoxy) is 1. The SMILES string of the molecule is COCCN(C)CC(=O)N1CC(C(=O)O)C(c2cccc(F)c2)C1. The summed E-state index contributed by atoms with van der Waals surface area (Å²) in [6, 6.07) is 5.94. The first-order valence-electron chi connectivity index (χ1n) is 7.86. The molecule has 1 N–H and O–H groups in total. The minimum Gasteiger partial charge on any atom is -0.481 e. The summed E-state index contributed by atoms with van der Waals surface area (Å²) in [5, 5.41) is 9.45. The molecule has 1 amide bonds. The summed E-state index contributed by atoms with van der Waals surface area (Å²) in [4.78, 5) is 27.3. The second-order valence-electron chi connectivity index (χ2n) is 6.14. The van der Waals surface area contributed by atoms with Crippen molar-refractivity contribution in [1.82, 2.24) is 9.80 Å². The highest BCUT2D eigenvalue weighted by atomic mass is 19.1. The fraction of sp³-hybridized carbons (Fsp3) is 0.529. The van der Waals surface area contributed by atoms with E-state index in [2.05, 4.69) is 0 Å². The number of carbonyl (C=O) groups excluding carboxylic acids is 1. The van der Waals surface area contributed by atoms with Gasteiger partial charge in [-0.2, -0.15) is 0 Å². The molecule has 6 nitrogen and oxygen atoms in total. The zero-order valence-corrected chi connectivity index (χ0v) is 13.9. The summed E-state index contributed by atoms with van der Waals surface area (Å²) < 4.78 is 18.4. The fourth-order valence-corrected chi connectivity index (χ4v) is 2.99. The van der Waals surface area contributed by atoms with Gasteiger partial charge in [0.15, 0.2) is 0 Å². The molecule has 1 heterocycles. The second kappa shape index (κ2) is 8.21. The van der Waals surface area contributed by atoms with Crippen molar-refractivity contribution >= 4 is 11.9 Å². The molecule has 0 spiro atoms. The molecular weight excluding hydrogens is 315 g/mol. The zero-order chi connectivity index (χ0) is 17.7. The van der Waals surface area contributed by atoms with Gasteiger partial charge in [-0.25, -0.2) is 4.39 Å². The fourth-order valence-electron chi connectivity index (χ4n) is 2.99. The Morgan fingerprint density at radius 3 is 2.79 bits per heavy atom. The molecule has 1 fully saturated rings. The highest BCUT2D eigenvalue weighted by molar-refractivity contribution is 5.81. The summed E-state index contributed by atoms with van der Waals surface area (Å²) in [6.45, 7) is 1.77. The number of amides is 1. The maximum absolute atomic E-state index is 13.4. The van der Waals surface area contributed by atoms with Crippen LogP contribution >= 0.6 is 0 Å². The van der Waals surface area contributed by atoms with E-state index in [0.717, 1.165) is 0 Å². The average Bonchev–Trinajstić information content (AvgIpc) is 2.98. The maximum atomic E-state index is 13.4. The Balaban J connectivity index is 2.06. The number of benzene rings is 1. The van der Waals surface area contributed by atoms with E-state index >= 15 is 0 Å². The number of rotatable bonds is 7. The van der Waals surface area contributed by atoms with Crippen molar-refractivity contribution in [3.8, 4) is 0 Å². The normalized spacial score (nSPS) is 20.6. The smallest absolute Gasteiger partial charge is 0.308 e. The number of likely N-dealkylation sites (tertiary alicyclic amines) is 1. The largest absolute Gasteiger partial charge is 0.481 e. The Morgan fingerprint density at radius 1 is 1.42 bits per heavy atom. The minimum absolute atomic E-state index is 0.126. The molecule has 1 aliphatic heterocycles. The van der Waals surface area contributed by atoms with Gasteiger partial charge < -0.3 is 14.7 Å². The molecule has 1 aromatic carbocycles. The third-order valence-electron chi connectivity index (χ3n) is 4.35. The molecular formula is C17H23FN2O4. The van der Waals surface area contributed by atoms with Gasteiger partial charge in [0.2, 0.25) is 5.91 Å². The standard InChI is InChI=1S/C17H23FN2O4/c1-19(6-7-24-2)11-16(21)20-9-14(15(10-20)17(22)23)12-4-3-5-13(18)8-12/h3-5,8,14-15H,6-7,9-11H2,1-2H3,(H,22,23). The zero-order valence-electron chi connectivity index (χ0n) is 13.9. The van der Waals surface area contributed by atoms with E-state index in [4.69, 9.17) is 4.74 Å².